The molecule has 2 aliphatic rings. The maximum Gasteiger partial charge on any atom is 0.182 e. The quantitative estimate of drug-likeness (QED) is 0.605. The van der Waals surface area contributed by atoms with Gasteiger partial charge >= 0.3 is 0 Å². The fourth-order valence-electron chi connectivity index (χ4n) is 2.85. The van der Waals surface area contributed by atoms with Crippen LogP contribution in [0.4, 0.5) is 0 Å². The molecule has 14 heavy (non-hydrogen) atoms. The lowest BCUT2D eigenvalue weighted by molar-refractivity contribution is -0.199. The first-order valence-corrected chi connectivity index (χ1v) is 5.55. The first kappa shape index (κ1) is 10.7. The number of hydrogen-bond donors (Lipinski definition) is 0. The number of alkyl halides is 2. The second-order valence-electron chi connectivity index (χ2n) is 4.99. The second-order valence-corrected chi connectivity index (χ2v) is 6.32. The monoisotopic (exact) mass is 236 g/mol. The molecular formula is C10H14Cl2O2. The minimum absolute atomic E-state index is 0.0898. The molecule has 2 atom stereocenters. The Morgan fingerprint density at radius 1 is 1.36 bits per heavy atom. The van der Waals surface area contributed by atoms with E-state index in [9.17, 15) is 4.79 Å². The summed E-state index contributed by atoms with van der Waals surface area (Å²) in [5, 5.41) is 0. The molecule has 80 valence electrons. The van der Waals surface area contributed by atoms with Gasteiger partial charge in [-0.3, -0.25) is 4.79 Å². The van der Waals surface area contributed by atoms with Gasteiger partial charge in [0.25, 0.3) is 0 Å². The van der Waals surface area contributed by atoms with Crippen molar-refractivity contribution in [1.82, 2.24) is 0 Å². The lowest BCUT2D eigenvalue weighted by Gasteiger charge is -2.62. The van der Waals surface area contributed by atoms with Crippen LogP contribution in [0.3, 0.4) is 0 Å². The summed E-state index contributed by atoms with van der Waals surface area (Å²) in [6, 6.07) is 0. The lowest BCUT2D eigenvalue weighted by Crippen LogP contribution is -2.72. The highest BCUT2D eigenvalue weighted by Gasteiger charge is 2.73. The Kier molecular flexibility index (Phi) is 2.04. The van der Waals surface area contributed by atoms with E-state index in [2.05, 4.69) is 0 Å². The number of carbonyl (C=O) groups is 1. The van der Waals surface area contributed by atoms with Gasteiger partial charge in [0.1, 0.15) is 0 Å². The summed E-state index contributed by atoms with van der Waals surface area (Å²) in [7, 11) is 0. The highest BCUT2D eigenvalue weighted by atomic mass is 35.5. The molecular weight excluding hydrogens is 223 g/mol. The fourth-order valence-corrected chi connectivity index (χ4v) is 3.47. The Bertz CT molecular complexity index is 298. The molecule has 2 unspecified atom stereocenters. The topological polar surface area (TPSA) is 26.3 Å². The molecule has 0 N–H and O–H groups in total. The second kappa shape index (κ2) is 2.66. The summed E-state index contributed by atoms with van der Waals surface area (Å²) in [6.07, 6.45) is 0.750. The third kappa shape index (κ3) is 0.998. The summed E-state index contributed by atoms with van der Waals surface area (Å²) < 4.78 is 4.38. The molecule has 2 rings (SSSR count). The van der Waals surface area contributed by atoms with Gasteiger partial charge in [0.05, 0.1) is 11.5 Å². The fraction of sp³-hybridized carbons (Fsp3) is 0.900. The number of Topliss-reactive ketones (excluding diaryl/α,β-unsaturated/α-hetero) is 1. The van der Waals surface area contributed by atoms with Crippen molar-refractivity contribution in [3.8, 4) is 0 Å². The molecule has 0 amide bonds. The summed E-state index contributed by atoms with van der Waals surface area (Å²) in [5.41, 5.74) is -0.758. The summed E-state index contributed by atoms with van der Waals surface area (Å²) in [6.45, 7) is 6.45. The van der Waals surface area contributed by atoms with Crippen LogP contribution in [0.2, 0.25) is 0 Å². The van der Waals surface area contributed by atoms with E-state index in [4.69, 9.17) is 27.9 Å². The van der Waals surface area contributed by atoms with E-state index in [0.29, 0.717) is 6.61 Å². The number of hydrogen-bond acceptors (Lipinski definition) is 2. The van der Waals surface area contributed by atoms with E-state index in [1.54, 1.807) is 0 Å². The van der Waals surface area contributed by atoms with Crippen molar-refractivity contribution in [3.05, 3.63) is 0 Å². The molecule has 2 nitrogen and oxygen atoms in total. The molecule has 1 saturated heterocycles. The molecule has 0 radical (unpaired) electrons. The normalized spacial score (nSPS) is 44.1. The predicted octanol–water partition coefficient (Wildman–Crippen LogP) is 2.56. The summed E-state index contributed by atoms with van der Waals surface area (Å²) in [5.74, 6) is -0.258. The zero-order chi connectivity index (χ0) is 10.8. The Labute approximate surface area is 93.9 Å². The Morgan fingerprint density at radius 2 is 1.93 bits per heavy atom. The van der Waals surface area contributed by atoms with Crippen molar-refractivity contribution in [2.45, 2.75) is 37.1 Å². The van der Waals surface area contributed by atoms with Gasteiger partial charge in [0.15, 0.2) is 10.1 Å². The third-order valence-electron chi connectivity index (χ3n) is 3.72. The molecule has 0 spiro atoms. The largest absolute Gasteiger partial charge is 0.375 e. The number of carbonyl (C=O) groups excluding carboxylic acids is 1. The van der Waals surface area contributed by atoms with E-state index in [1.807, 2.05) is 20.8 Å². The van der Waals surface area contributed by atoms with Gasteiger partial charge in [-0.1, -0.05) is 30.1 Å². The molecule has 1 aliphatic heterocycles. The first-order chi connectivity index (χ1) is 6.23. The van der Waals surface area contributed by atoms with Crippen LogP contribution in [0.5, 0.6) is 0 Å². The van der Waals surface area contributed by atoms with Gasteiger partial charge in [-0.15, -0.1) is 0 Å². The number of rotatable bonds is 0. The van der Waals surface area contributed by atoms with Gasteiger partial charge in [0, 0.05) is 12.0 Å². The van der Waals surface area contributed by atoms with Gasteiger partial charge in [-0.2, -0.15) is 0 Å². The molecule has 0 aromatic heterocycles. The Balaban J connectivity index is 2.40. The van der Waals surface area contributed by atoms with Crippen LogP contribution in [0.15, 0.2) is 0 Å². The maximum atomic E-state index is 11.8. The number of halogens is 2. The van der Waals surface area contributed by atoms with Crippen LogP contribution in [0.1, 0.15) is 27.2 Å². The zero-order valence-corrected chi connectivity index (χ0v) is 10.1. The average molecular weight is 237 g/mol. The summed E-state index contributed by atoms with van der Waals surface area (Å²) in [4.78, 5) is 11.8. The van der Waals surface area contributed by atoms with E-state index in [1.165, 1.54) is 0 Å². The maximum absolute atomic E-state index is 11.8. The molecule has 2 fully saturated rings. The van der Waals surface area contributed by atoms with Crippen molar-refractivity contribution in [2.75, 3.05) is 6.61 Å². The van der Waals surface area contributed by atoms with Crippen molar-refractivity contribution in [3.63, 3.8) is 0 Å². The number of ketones is 1. The average Bonchev–Trinajstić information content (AvgIpc) is 2.02. The molecule has 0 bridgehead atoms. The highest BCUT2D eigenvalue weighted by molar-refractivity contribution is 6.61. The van der Waals surface area contributed by atoms with Crippen molar-refractivity contribution in [1.29, 1.82) is 0 Å². The van der Waals surface area contributed by atoms with Crippen molar-refractivity contribution in [2.24, 2.45) is 11.3 Å². The standard InChI is InChI=1S/C10H14Cl2O2/c1-8(2)6-7(13)10(11,12)9(6,3)4-5-14-8/h6H,4-5H2,1-3H3. The molecule has 1 heterocycles. The highest BCUT2D eigenvalue weighted by Crippen LogP contribution is 2.65. The minimum Gasteiger partial charge on any atom is -0.375 e. The SMILES string of the molecule is CC1(C)OCCC2(C)C1C(=O)C2(Cl)Cl. The van der Waals surface area contributed by atoms with Crippen LogP contribution in [0.25, 0.3) is 0 Å². The number of ether oxygens (including phenoxy) is 1. The number of fused-ring (bicyclic) bond motifs is 1. The van der Waals surface area contributed by atoms with Crippen LogP contribution in [-0.2, 0) is 9.53 Å². The molecule has 4 heteroatoms. The Morgan fingerprint density at radius 3 is 2.43 bits per heavy atom. The molecule has 1 saturated carbocycles. The van der Waals surface area contributed by atoms with Gasteiger partial charge in [0.2, 0.25) is 0 Å². The molecule has 0 aromatic rings. The van der Waals surface area contributed by atoms with Crippen LogP contribution >= 0.6 is 23.2 Å². The van der Waals surface area contributed by atoms with E-state index < -0.39 is 9.93 Å². The van der Waals surface area contributed by atoms with E-state index in [-0.39, 0.29) is 17.1 Å². The van der Waals surface area contributed by atoms with Gasteiger partial charge in [-0.25, -0.2) is 0 Å². The van der Waals surface area contributed by atoms with Crippen LogP contribution < -0.4 is 0 Å². The predicted molar refractivity (Wildman–Crippen MR) is 55.7 cm³/mol. The van der Waals surface area contributed by atoms with Crippen molar-refractivity contribution >= 4 is 29.0 Å². The lowest BCUT2D eigenvalue weighted by atomic mass is 9.51. The molecule has 1 aliphatic carbocycles. The minimum atomic E-state index is -1.21. The van der Waals surface area contributed by atoms with Gasteiger partial charge < -0.3 is 4.74 Å². The smallest absolute Gasteiger partial charge is 0.182 e. The van der Waals surface area contributed by atoms with Crippen LogP contribution in [-0.4, -0.2) is 22.3 Å². The zero-order valence-electron chi connectivity index (χ0n) is 8.56. The van der Waals surface area contributed by atoms with Crippen LogP contribution in [0, 0.1) is 11.3 Å². The Hall–Kier alpha value is 0.210. The van der Waals surface area contributed by atoms with E-state index >= 15 is 0 Å². The van der Waals surface area contributed by atoms with E-state index in [0.717, 1.165) is 6.42 Å². The molecule has 0 aromatic carbocycles. The third-order valence-corrected chi connectivity index (χ3v) is 4.95. The summed E-state index contributed by atoms with van der Waals surface area (Å²) >= 11 is 12.1. The van der Waals surface area contributed by atoms with Gasteiger partial charge in [-0.05, 0) is 20.3 Å². The first-order valence-electron chi connectivity index (χ1n) is 4.79. The van der Waals surface area contributed by atoms with Crippen molar-refractivity contribution < 1.29 is 9.53 Å².